The van der Waals surface area contributed by atoms with Crippen LogP contribution >= 0.6 is 0 Å². The Bertz CT molecular complexity index is 483. The summed E-state index contributed by atoms with van der Waals surface area (Å²) in [4.78, 5) is 0. The third-order valence-electron chi connectivity index (χ3n) is 2.28. The van der Waals surface area contributed by atoms with E-state index in [1.54, 1.807) is 6.07 Å². The van der Waals surface area contributed by atoms with Gasteiger partial charge in [0.15, 0.2) is 0 Å². The number of benzene rings is 2. The highest BCUT2D eigenvalue weighted by atomic mass is 19.1. The van der Waals surface area contributed by atoms with E-state index in [1.807, 2.05) is 30.3 Å². The second-order valence-corrected chi connectivity index (χ2v) is 3.54. The highest BCUT2D eigenvalue weighted by molar-refractivity contribution is 5.60. The van der Waals surface area contributed by atoms with Crippen LogP contribution in [0.1, 0.15) is 5.56 Å². The van der Waals surface area contributed by atoms with Crippen LogP contribution in [0.2, 0.25) is 0 Å². The minimum absolute atomic E-state index is 0.250. The zero-order valence-corrected chi connectivity index (χ0v) is 8.78. The summed E-state index contributed by atoms with van der Waals surface area (Å²) in [6.07, 6.45) is 0. The average molecular weight is 216 g/mol. The second-order valence-electron chi connectivity index (χ2n) is 3.54. The minimum atomic E-state index is -0.250. The van der Waals surface area contributed by atoms with Gasteiger partial charge in [-0.25, -0.2) is 4.39 Å². The molecule has 0 saturated heterocycles. The molecule has 0 aliphatic rings. The fourth-order valence-corrected chi connectivity index (χ4v) is 1.51. The molecule has 0 fully saturated rings. The van der Waals surface area contributed by atoms with E-state index in [9.17, 15) is 4.39 Å². The van der Waals surface area contributed by atoms with Crippen molar-refractivity contribution in [2.75, 3.05) is 5.32 Å². The van der Waals surface area contributed by atoms with Crippen molar-refractivity contribution in [3.63, 3.8) is 0 Å². The highest BCUT2D eigenvalue weighted by Crippen LogP contribution is 2.18. The van der Waals surface area contributed by atoms with Crippen LogP contribution in [0.4, 0.5) is 15.8 Å². The summed E-state index contributed by atoms with van der Waals surface area (Å²) >= 11 is 0. The van der Waals surface area contributed by atoms with Gasteiger partial charge in [0.25, 0.3) is 0 Å². The van der Waals surface area contributed by atoms with E-state index in [1.165, 1.54) is 12.1 Å². The molecule has 2 aromatic carbocycles. The van der Waals surface area contributed by atoms with Crippen LogP contribution in [-0.2, 0) is 6.54 Å². The number of hydrogen-bond acceptors (Lipinski definition) is 2. The van der Waals surface area contributed by atoms with E-state index in [0.29, 0.717) is 6.54 Å². The van der Waals surface area contributed by atoms with Crippen LogP contribution in [0.25, 0.3) is 0 Å². The molecule has 0 radical (unpaired) electrons. The van der Waals surface area contributed by atoms with Crippen LogP contribution in [0, 0.1) is 5.82 Å². The van der Waals surface area contributed by atoms with E-state index >= 15 is 0 Å². The van der Waals surface area contributed by atoms with Crippen molar-refractivity contribution in [2.45, 2.75) is 6.54 Å². The third-order valence-corrected chi connectivity index (χ3v) is 2.28. The van der Waals surface area contributed by atoms with Crippen LogP contribution in [0.3, 0.4) is 0 Å². The molecule has 0 aromatic heterocycles. The van der Waals surface area contributed by atoms with Gasteiger partial charge in [0.2, 0.25) is 0 Å². The molecule has 3 heteroatoms. The zero-order valence-electron chi connectivity index (χ0n) is 8.78. The maximum absolute atomic E-state index is 13.0. The Hall–Kier alpha value is -1.87. The lowest BCUT2D eigenvalue weighted by Crippen LogP contribution is -1.97. The summed E-state index contributed by atoms with van der Waals surface area (Å²) in [6, 6.07) is 14.1. The summed E-state index contributed by atoms with van der Waals surface area (Å²) in [6.45, 7) is 0.499. The fraction of sp³-hybridized carbons (Fsp3) is 0.0769. The van der Waals surface area contributed by atoms with E-state index in [4.69, 9.17) is 5.73 Å². The SMILES string of the molecule is NCc1cccc(Nc2cccc(F)c2)c1. The molecule has 2 nitrogen and oxygen atoms in total. The number of halogens is 1. The van der Waals surface area contributed by atoms with Crippen LogP contribution in [0.5, 0.6) is 0 Å². The Morgan fingerprint density at radius 1 is 1.00 bits per heavy atom. The standard InChI is InChI=1S/C13H13FN2/c14-11-4-2-6-13(8-11)16-12-5-1-3-10(7-12)9-15/h1-8,16H,9,15H2. The first-order valence-electron chi connectivity index (χ1n) is 5.09. The summed E-state index contributed by atoms with van der Waals surface area (Å²) in [5.74, 6) is -0.250. The number of anilines is 2. The predicted octanol–water partition coefficient (Wildman–Crippen LogP) is 3.03. The molecule has 0 atom stereocenters. The zero-order chi connectivity index (χ0) is 11.4. The Balaban J connectivity index is 2.20. The van der Waals surface area contributed by atoms with Crippen molar-refractivity contribution in [3.05, 3.63) is 59.9 Å². The molecular weight excluding hydrogens is 203 g/mol. The molecule has 0 unspecified atom stereocenters. The van der Waals surface area contributed by atoms with Gasteiger partial charge in [0.05, 0.1) is 0 Å². The highest BCUT2D eigenvalue weighted by Gasteiger charge is 1.97. The van der Waals surface area contributed by atoms with Gasteiger partial charge in [-0.2, -0.15) is 0 Å². The summed E-state index contributed by atoms with van der Waals surface area (Å²) < 4.78 is 13.0. The second kappa shape index (κ2) is 4.77. The van der Waals surface area contributed by atoms with Crippen LogP contribution in [-0.4, -0.2) is 0 Å². The van der Waals surface area contributed by atoms with E-state index in [-0.39, 0.29) is 5.82 Å². The van der Waals surface area contributed by atoms with E-state index < -0.39 is 0 Å². The van der Waals surface area contributed by atoms with E-state index in [0.717, 1.165) is 16.9 Å². The van der Waals surface area contributed by atoms with Gasteiger partial charge in [0, 0.05) is 17.9 Å². The number of hydrogen-bond donors (Lipinski definition) is 2. The van der Waals surface area contributed by atoms with Crippen molar-refractivity contribution in [1.82, 2.24) is 0 Å². The molecule has 0 amide bonds. The van der Waals surface area contributed by atoms with Crippen LogP contribution < -0.4 is 11.1 Å². The van der Waals surface area contributed by atoms with Crippen molar-refractivity contribution in [1.29, 1.82) is 0 Å². The van der Waals surface area contributed by atoms with Crippen LogP contribution in [0.15, 0.2) is 48.5 Å². The van der Waals surface area contributed by atoms with Gasteiger partial charge < -0.3 is 11.1 Å². The lowest BCUT2D eigenvalue weighted by atomic mass is 10.2. The van der Waals surface area contributed by atoms with Gasteiger partial charge in [-0.3, -0.25) is 0 Å². The maximum atomic E-state index is 13.0. The molecule has 0 saturated carbocycles. The molecule has 0 heterocycles. The van der Waals surface area contributed by atoms with Gasteiger partial charge >= 0.3 is 0 Å². The van der Waals surface area contributed by atoms with E-state index in [2.05, 4.69) is 5.32 Å². The normalized spacial score (nSPS) is 10.1. The summed E-state index contributed by atoms with van der Waals surface area (Å²) in [5.41, 5.74) is 8.23. The molecule has 3 N–H and O–H groups in total. The number of nitrogens with two attached hydrogens (primary N) is 1. The molecular formula is C13H13FN2. The Kier molecular flexibility index (Phi) is 3.17. The molecule has 2 aromatic rings. The Labute approximate surface area is 93.9 Å². The average Bonchev–Trinajstić information content (AvgIpc) is 2.29. The predicted molar refractivity (Wildman–Crippen MR) is 64.0 cm³/mol. The van der Waals surface area contributed by atoms with Crippen molar-refractivity contribution >= 4 is 11.4 Å². The molecule has 0 spiro atoms. The molecule has 0 aliphatic heterocycles. The van der Waals surface area contributed by atoms with Gasteiger partial charge in [-0.15, -0.1) is 0 Å². The lowest BCUT2D eigenvalue weighted by Gasteiger charge is -2.07. The van der Waals surface area contributed by atoms with Gasteiger partial charge in [0.1, 0.15) is 5.82 Å². The lowest BCUT2D eigenvalue weighted by molar-refractivity contribution is 0.628. The third kappa shape index (κ3) is 2.58. The number of rotatable bonds is 3. The monoisotopic (exact) mass is 216 g/mol. The molecule has 0 aliphatic carbocycles. The Morgan fingerprint density at radius 2 is 1.69 bits per heavy atom. The maximum Gasteiger partial charge on any atom is 0.125 e. The first-order chi connectivity index (χ1) is 7.78. The summed E-state index contributed by atoms with van der Waals surface area (Å²) in [7, 11) is 0. The molecule has 0 bridgehead atoms. The van der Waals surface area contributed by atoms with Crippen molar-refractivity contribution in [2.24, 2.45) is 5.73 Å². The Morgan fingerprint density at radius 3 is 2.38 bits per heavy atom. The molecule has 16 heavy (non-hydrogen) atoms. The quantitative estimate of drug-likeness (QED) is 0.827. The fourth-order valence-electron chi connectivity index (χ4n) is 1.51. The largest absolute Gasteiger partial charge is 0.355 e. The first kappa shape index (κ1) is 10.6. The van der Waals surface area contributed by atoms with Crippen molar-refractivity contribution < 1.29 is 4.39 Å². The smallest absolute Gasteiger partial charge is 0.125 e. The minimum Gasteiger partial charge on any atom is -0.355 e. The first-order valence-corrected chi connectivity index (χ1v) is 5.09. The molecule has 2 rings (SSSR count). The van der Waals surface area contributed by atoms with Gasteiger partial charge in [-0.05, 0) is 35.9 Å². The summed E-state index contributed by atoms with van der Waals surface area (Å²) in [5, 5.41) is 3.12. The van der Waals surface area contributed by atoms with Crippen molar-refractivity contribution in [3.8, 4) is 0 Å². The number of nitrogens with one attached hydrogen (secondary N) is 1. The molecule has 82 valence electrons. The van der Waals surface area contributed by atoms with Gasteiger partial charge in [-0.1, -0.05) is 18.2 Å². The topological polar surface area (TPSA) is 38.0 Å².